The summed E-state index contributed by atoms with van der Waals surface area (Å²) >= 11 is 0. The Labute approximate surface area is 242 Å². The summed E-state index contributed by atoms with van der Waals surface area (Å²) in [7, 11) is -4.63. The van der Waals surface area contributed by atoms with Crippen LogP contribution < -0.4 is 13.9 Å². The normalized spacial score (nSPS) is 17.5. The number of nitrogens with zero attached hydrogens (tertiary/aromatic N) is 4. The number of benzene rings is 2. The van der Waals surface area contributed by atoms with Crippen molar-refractivity contribution < 1.29 is 49.4 Å². The maximum Gasteiger partial charge on any atom is 0.416 e. The number of aromatic nitrogens is 1. The summed E-state index contributed by atoms with van der Waals surface area (Å²) in [6, 6.07) is 6.99. The van der Waals surface area contributed by atoms with E-state index in [0.717, 1.165) is 40.7 Å². The van der Waals surface area contributed by atoms with Crippen LogP contribution in [0.4, 0.5) is 37.8 Å². The van der Waals surface area contributed by atoms with Gasteiger partial charge in [0, 0.05) is 44.0 Å². The molecule has 0 radical (unpaired) electrons. The number of hydrogen-bond donors (Lipinski definition) is 1. The third kappa shape index (κ3) is 6.49. The molecule has 230 valence electrons. The molecular formula is C27H24F6N4O5S. The molecule has 1 N–H and O–H groups in total. The van der Waals surface area contributed by atoms with Gasteiger partial charge in [0.1, 0.15) is 11.6 Å². The average molecular weight is 631 g/mol. The van der Waals surface area contributed by atoms with Crippen LogP contribution in [0.15, 0.2) is 59.6 Å². The van der Waals surface area contributed by atoms with Crippen molar-refractivity contribution >= 4 is 27.5 Å². The Morgan fingerprint density at radius 3 is 2.53 bits per heavy atom. The molecule has 3 heterocycles. The molecule has 1 aromatic heterocycles. The lowest BCUT2D eigenvalue weighted by Gasteiger charge is -2.48. The van der Waals surface area contributed by atoms with Crippen molar-refractivity contribution in [1.29, 1.82) is 0 Å². The fraction of sp³-hybridized carbons (Fsp3) is 0.333. The van der Waals surface area contributed by atoms with E-state index in [1.54, 1.807) is 0 Å². The largest absolute Gasteiger partial charge is 0.481 e. The Hall–Kier alpha value is -4.05. The van der Waals surface area contributed by atoms with Gasteiger partial charge in [0.05, 0.1) is 35.2 Å². The van der Waals surface area contributed by atoms with Crippen LogP contribution in [-0.4, -0.2) is 74.8 Å². The topological polar surface area (TPSA) is 103 Å². The fourth-order valence-corrected chi connectivity index (χ4v) is 6.74. The van der Waals surface area contributed by atoms with Crippen molar-refractivity contribution in [2.75, 3.05) is 41.9 Å². The zero-order valence-corrected chi connectivity index (χ0v) is 23.0. The first-order valence-corrected chi connectivity index (χ1v) is 14.3. The number of halogens is 6. The number of carbonyl (C=O) groups is 1. The predicted octanol–water partition coefficient (Wildman–Crippen LogP) is 4.68. The Balaban J connectivity index is 1.60. The Kier molecular flexibility index (Phi) is 8.17. The van der Waals surface area contributed by atoms with Gasteiger partial charge < -0.3 is 14.7 Å². The summed E-state index contributed by atoms with van der Waals surface area (Å²) in [4.78, 5) is 18.6. The second kappa shape index (κ2) is 11.6. The van der Waals surface area contributed by atoms with Crippen LogP contribution >= 0.6 is 0 Å². The molecule has 0 saturated carbocycles. The number of aliphatic carboxylic acids is 1. The minimum Gasteiger partial charge on any atom is -0.481 e. The van der Waals surface area contributed by atoms with E-state index in [1.807, 2.05) is 9.80 Å². The molecule has 0 spiro atoms. The second-order valence-corrected chi connectivity index (χ2v) is 11.8. The van der Waals surface area contributed by atoms with Gasteiger partial charge in [-0.05, 0) is 42.0 Å². The molecule has 1 atom stereocenters. The third-order valence-corrected chi connectivity index (χ3v) is 8.93. The maximum atomic E-state index is 14.3. The summed E-state index contributed by atoms with van der Waals surface area (Å²) in [5.74, 6) is -2.20. The summed E-state index contributed by atoms with van der Waals surface area (Å²) < 4.78 is 113. The molecular weight excluding hydrogens is 606 g/mol. The first-order valence-electron chi connectivity index (χ1n) is 12.9. The molecule has 16 heteroatoms. The smallest absolute Gasteiger partial charge is 0.416 e. The minimum atomic E-state index is -4.81. The van der Waals surface area contributed by atoms with E-state index >= 15 is 0 Å². The Bertz CT molecular complexity index is 1640. The zero-order valence-electron chi connectivity index (χ0n) is 22.1. The lowest BCUT2D eigenvalue weighted by atomic mass is 10.0. The number of carboxylic acid groups (broad SMARTS) is 1. The van der Waals surface area contributed by atoms with Gasteiger partial charge in [0.15, 0.2) is 5.82 Å². The minimum absolute atomic E-state index is 0.00858. The van der Waals surface area contributed by atoms with E-state index < -0.39 is 56.8 Å². The highest BCUT2D eigenvalue weighted by Crippen LogP contribution is 2.41. The van der Waals surface area contributed by atoms with Crippen molar-refractivity contribution in [3.8, 4) is 16.9 Å². The van der Waals surface area contributed by atoms with Crippen LogP contribution in [0.1, 0.15) is 12.0 Å². The number of sulfonamides is 1. The Morgan fingerprint density at radius 1 is 1.07 bits per heavy atom. The highest BCUT2D eigenvalue weighted by atomic mass is 32.2. The lowest BCUT2D eigenvalue weighted by molar-refractivity contribution is -0.138. The van der Waals surface area contributed by atoms with E-state index in [2.05, 4.69) is 9.72 Å². The van der Waals surface area contributed by atoms with E-state index in [1.165, 1.54) is 12.3 Å². The van der Waals surface area contributed by atoms with Crippen LogP contribution in [0.3, 0.4) is 0 Å². The summed E-state index contributed by atoms with van der Waals surface area (Å²) in [6.07, 6.45) is -3.64. The van der Waals surface area contributed by atoms with Gasteiger partial charge in [-0.25, -0.2) is 17.8 Å². The number of alkyl halides is 5. The predicted molar refractivity (Wildman–Crippen MR) is 142 cm³/mol. The van der Waals surface area contributed by atoms with Crippen LogP contribution in [-0.2, 0) is 21.0 Å². The van der Waals surface area contributed by atoms with Gasteiger partial charge in [0.2, 0.25) is 0 Å². The lowest BCUT2D eigenvalue weighted by Crippen LogP contribution is -2.61. The monoisotopic (exact) mass is 630 g/mol. The number of piperazine rings is 1. The quantitative estimate of drug-likeness (QED) is 0.358. The third-order valence-electron chi connectivity index (χ3n) is 7.15. The molecule has 1 saturated heterocycles. The highest BCUT2D eigenvalue weighted by molar-refractivity contribution is 7.92. The number of ether oxygens (including phenoxy) is 1. The van der Waals surface area contributed by atoms with E-state index in [9.17, 15) is 39.6 Å². The molecule has 0 aliphatic carbocycles. The summed E-state index contributed by atoms with van der Waals surface area (Å²) in [6.45, 7) is -2.21. The number of fused-ring (bicyclic) bond motifs is 3. The molecule has 2 aliphatic heterocycles. The molecule has 2 aliphatic rings. The molecule has 3 aromatic rings. The van der Waals surface area contributed by atoms with Gasteiger partial charge in [-0.1, -0.05) is 6.07 Å². The summed E-state index contributed by atoms with van der Waals surface area (Å²) in [5, 5.41) is 9.08. The van der Waals surface area contributed by atoms with Crippen molar-refractivity contribution in [3.05, 3.63) is 66.1 Å². The molecule has 5 rings (SSSR count). The highest BCUT2D eigenvalue weighted by Gasteiger charge is 2.41. The Morgan fingerprint density at radius 2 is 1.84 bits per heavy atom. The van der Waals surface area contributed by atoms with Crippen molar-refractivity contribution in [3.63, 3.8) is 0 Å². The molecule has 0 unspecified atom stereocenters. The van der Waals surface area contributed by atoms with Gasteiger partial charge in [-0.3, -0.25) is 14.0 Å². The molecule has 9 nitrogen and oxygen atoms in total. The standard InChI is InChI=1S/C27H24F6N4O5S/c28-19-8-16(9-21(12-19)42-26(29)30)17-10-23-25(34-13-17)36-7-6-35(5-4-24(38)39)14-20(36)15-37(23)43(40,41)22-3-1-2-18(11-22)27(31,32)33/h1-3,8-13,20,26H,4-7,14-15H2,(H,38,39)/t20-/m1/s1. The van der Waals surface area contributed by atoms with Crippen LogP contribution in [0.5, 0.6) is 5.75 Å². The number of pyridine rings is 1. The molecule has 0 amide bonds. The van der Waals surface area contributed by atoms with Crippen molar-refractivity contribution in [2.24, 2.45) is 0 Å². The number of rotatable bonds is 8. The molecule has 1 fully saturated rings. The van der Waals surface area contributed by atoms with E-state index in [-0.39, 0.29) is 48.7 Å². The molecule has 2 aromatic carbocycles. The first kappa shape index (κ1) is 30.4. The average Bonchev–Trinajstić information content (AvgIpc) is 2.94. The van der Waals surface area contributed by atoms with Crippen LogP contribution in [0, 0.1) is 5.82 Å². The zero-order chi connectivity index (χ0) is 31.1. The second-order valence-electron chi connectivity index (χ2n) is 9.97. The fourth-order valence-electron chi connectivity index (χ4n) is 5.20. The molecule has 43 heavy (non-hydrogen) atoms. The number of anilines is 2. The van der Waals surface area contributed by atoms with Gasteiger partial charge >= 0.3 is 18.8 Å². The van der Waals surface area contributed by atoms with Crippen molar-refractivity contribution in [2.45, 2.75) is 30.1 Å². The van der Waals surface area contributed by atoms with Crippen LogP contribution in [0.2, 0.25) is 0 Å². The number of hydrogen-bond acceptors (Lipinski definition) is 7. The van der Waals surface area contributed by atoms with E-state index in [0.29, 0.717) is 19.2 Å². The van der Waals surface area contributed by atoms with Crippen molar-refractivity contribution in [1.82, 2.24) is 9.88 Å². The molecule has 0 bridgehead atoms. The van der Waals surface area contributed by atoms with Gasteiger partial charge in [0.25, 0.3) is 10.0 Å². The summed E-state index contributed by atoms with van der Waals surface area (Å²) in [5.41, 5.74) is -0.989. The van der Waals surface area contributed by atoms with Crippen LogP contribution in [0.25, 0.3) is 11.1 Å². The first-order chi connectivity index (χ1) is 20.2. The maximum absolute atomic E-state index is 14.3. The van der Waals surface area contributed by atoms with Gasteiger partial charge in [-0.15, -0.1) is 0 Å². The van der Waals surface area contributed by atoms with Gasteiger partial charge in [-0.2, -0.15) is 22.0 Å². The number of carboxylic acids is 1. The SMILES string of the molecule is O=C(O)CCN1CCN2c3ncc(-c4cc(F)cc(OC(F)F)c4)cc3N(S(=O)(=O)c3cccc(C(F)(F)F)c3)C[C@H]2C1. The van der Waals surface area contributed by atoms with E-state index in [4.69, 9.17) is 5.11 Å².